The Bertz CT molecular complexity index is 1620. The van der Waals surface area contributed by atoms with Crippen LogP contribution in [0.4, 0.5) is 4.79 Å². The molecule has 0 bridgehead atoms. The van der Waals surface area contributed by atoms with Crippen LogP contribution >= 0.6 is 11.8 Å². The van der Waals surface area contributed by atoms with Crippen molar-refractivity contribution in [1.29, 1.82) is 0 Å². The minimum absolute atomic E-state index is 0.0861. The summed E-state index contributed by atoms with van der Waals surface area (Å²) in [7, 11) is 1.18. The van der Waals surface area contributed by atoms with Crippen LogP contribution < -0.4 is 15.2 Å². The van der Waals surface area contributed by atoms with E-state index in [-0.39, 0.29) is 23.4 Å². The molecule has 1 saturated heterocycles. The van der Waals surface area contributed by atoms with Crippen molar-refractivity contribution < 1.29 is 28.5 Å². The predicted octanol–water partition coefficient (Wildman–Crippen LogP) is 3.99. The van der Waals surface area contributed by atoms with Gasteiger partial charge in [-0.2, -0.15) is 0 Å². The summed E-state index contributed by atoms with van der Waals surface area (Å²) in [5.74, 6) is 0.319. The number of methoxy groups -OCH3 is 1. The zero-order valence-corrected chi connectivity index (χ0v) is 24.1. The molecule has 1 aliphatic carbocycles. The molecule has 0 saturated carbocycles. The van der Waals surface area contributed by atoms with Crippen molar-refractivity contribution in [2.45, 2.75) is 48.5 Å². The Morgan fingerprint density at radius 2 is 1.86 bits per heavy atom. The first kappa shape index (κ1) is 26.9. The summed E-state index contributed by atoms with van der Waals surface area (Å²) in [6.07, 6.45) is 4.76. The lowest BCUT2D eigenvalue weighted by Crippen LogP contribution is -2.66. The normalized spacial score (nSPS) is 20.7. The number of carbonyl (C=O) groups is 2. The van der Waals surface area contributed by atoms with E-state index in [1.807, 2.05) is 17.8 Å². The van der Waals surface area contributed by atoms with E-state index in [2.05, 4.69) is 40.1 Å². The lowest BCUT2D eigenvalue weighted by atomic mass is 9.85. The number of benzene rings is 2. The number of amides is 1. The third-order valence-electron chi connectivity index (χ3n) is 8.46. The van der Waals surface area contributed by atoms with Crippen LogP contribution in [-0.2, 0) is 32.8 Å². The van der Waals surface area contributed by atoms with Gasteiger partial charge in [0.05, 0.1) is 26.4 Å². The second kappa shape index (κ2) is 11.0. The fourth-order valence-electron chi connectivity index (χ4n) is 6.54. The van der Waals surface area contributed by atoms with Crippen LogP contribution in [0.1, 0.15) is 57.2 Å². The molecule has 0 N–H and O–H groups in total. The van der Waals surface area contributed by atoms with Gasteiger partial charge in [0.15, 0.2) is 5.69 Å². The Kier molecular flexibility index (Phi) is 7.07. The maximum absolute atomic E-state index is 14.0. The first-order valence-electron chi connectivity index (χ1n) is 14.2. The molecule has 3 aromatic rings. The molecule has 7 rings (SSSR count). The summed E-state index contributed by atoms with van der Waals surface area (Å²) in [5, 5.41) is 2.15. The van der Waals surface area contributed by atoms with E-state index in [9.17, 15) is 14.4 Å². The van der Waals surface area contributed by atoms with Gasteiger partial charge in [-0.05, 0) is 59.6 Å². The van der Waals surface area contributed by atoms with Gasteiger partial charge in [-0.3, -0.25) is 19.3 Å². The summed E-state index contributed by atoms with van der Waals surface area (Å²) < 4.78 is 22.8. The summed E-state index contributed by atoms with van der Waals surface area (Å²) in [6.45, 7) is 0.485. The zero-order chi connectivity index (χ0) is 28.8. The molecular formula is C31H31N3O7S. The molecule has 0 radical (unpaired) electrons. The van der Waals surface area contributed by atoms with Gasteiger partial charge in [0.25, 0.3) is 5.91 Å². The number of morpholine rings is 1. The number of aryl methyl sites for hydroxylation is 2. The molecule has 10 nitrogen and oxygen atoms in total. The SMILES string of the molecule is COC(=O)OCOc1c2n(ccc1=O)N(C1c3cc4c(cc3CSc3ccccc31)CCCC4)C1COCCN1C2=O. The molecule has 1 amide bonds. The Balaban J connectivity index is 1.44. The van der Waals surface area contributed by atoms with Crippen molar-refractivity contribution >= 4 is 23.8 Å². The van der Waals surface area contributed by atoms with E-state index in [1.165, 1.54) is 53.2 Å². The van der Waals surface area contributed by atoms with Crippen LogP contribution in [0.3, 0.4) is 0 Å². The minimum Gasteiger partial charge on any atom is -0.451 e. The number of rotatable bonds is 4. The molecule has 0 spiro atoms. The van der Waals surface area contributed by atoms with Crippen molar-refractivity contribution in [3.8, 4) is 5.75 Å². The van der Waals surface area contributed by atoms with Crippen LogP contribution in [0.15, 0.2) is 58.4 Å². The first-order valence-corrected chi connectivity index (χ1v) is 15.2. The standard InChI is InChI=1S/C31H31N3O7S/c1-38-31(37)41-18-40-29-24(35)10-11-33-28(29)30(36)32-12-13-39-16-26(32)34(33)27-22-8-4-5-9-25(22)42-17-21-14-19-6-2-3-7-20(19)15-23(21)27/h4-5,8-11,14-15,26-27H,2-3,6-7,12-13,16-18H2,1H3. The minimum atomic E-state index is -0.950. The van der Waals surface area contributed by atoms with Crippen LogP contribution in [0, 0.1) is 0 Å². The lowest BCUT2D eigenvalue weighted by molar-refractivity contribution is -0.0209. The number of fused-ring (bicyclic) bond motifs is 5. The maximum Gasteiger partial charge on any atom is 0.510 e. The largest absolute Gasteiger partial charge is 0.510 e. The molecule has 4 aliphatic rings. The molecule has 2 aromatic carbocycles. The molecule has 11 heteroatoms. The van der Waals surface area contributed by atoms with E-state index in [0.29, 0.717) is 19.8 Å². The van der Waals surface area contributed by atoms with Gasteiger partial charge in [-0.25, -0.2) is 4.79 Å². The molecular weight excluding hydrogens is 558 g/mol. The second-order valence-corrected chi connectivity index (χ2v) is 11.8. The summed E-state index contributed by atoms with van der Waals surface area (Å²) >= 11 is 1.82. The highest BCUT2D eigenvalue weighted by molar-refractivity contribution is 7.98. The van der Waals surface area contributed by atoms with Gasteiger partial charge in [-0.15, -0.1) is 11.8 Å². The average Bonchev–Trinajstić information content (AvgIpc) is 3.17. The van der Waals surface area contributed by atoms with Gasteiger partial charge in [0.2, 0.25) is 18.0 Å². The number of hydrogen-bond acceptors (Lipinski definition) is 9. The van der Waals surface area contributed by atoms with Crippen LogP contribution in [0.2, 0.25) is 0 Å². The van der Waals surface area contributed by atoms with E-state index in [1.54, 1.807) is 15.8 Å². The van der Waals surface area contributed by atoms with Gasteiger partial charge in [-0.1, -0.05) is 30.3 Å². The summed E-state index contributed by atoms with van der Waals surface area (Å²) in [5.41, 5.74) is 5.99. The summed E-state index contributed by atoms with van der Waals surface area (Å²) in [6, 6.07) is 14.2. The van der Waals surface area contributed by atoms with Crippen LogP contribution in [0.5, 0.6) is 5.75 Å². The number of hydrogen-bond donors (Lipinski definition) is 0. The van der Waals surface area contributed by atoms with Crippen molar-refractivity contribution in [2.75, 3.05) is 38.7 Å². The average molecular weight is 590 g/mol. The van der Waals surface area contributed by atoms with Crippen molar-refractivity contribution in [1.82, 2.24) is 9.58 Å². The Morgan fingerprint density at radius 1 is 1.05 bits per heavy atom. The molecule has 42 heavy (non-hydrogen) atoms. The quantitative estimate of drug-likeness (QED) is 0.330. The fourth-order valence-corrected chi connectivity index (χ4v) is 7.62. The Labute approximate surface area is 247 Å². The number of ether oxygens (including phenoxy) is 4. The number of pyridine rings is 1. The Morgan fingerprint density at radius 3 is 2.69 bits per heavy atom. The third-order valence-corrected chi connectivity index (χ3v) is 9.60. The molecule has 2 atom stereocenters. The van der Waals surface area contributed by atoms with Crippen LogP contribution in [-0.4, -0.2) is 61.5 Å². The van der Waals surface area contributed by atoms with E-state index < -0.39 is 24.5 Å². The lowest BCUT2D eigenvalue weighted by Gasteiger charge is -2.51. The zero-order valence-electron chi connectivity index (χ0n) is 23.2. The summed E-state index contributed by atoms with van der Waals surface area (Å²) in [4.78, 5) is 41.6. The fraction of sp³-hybridized carbons (Fsp3) is 0.387. The van der Waals surface area contributed by atoms with E-state index in [4.69, 9.17) is 14.2 Å². The number of carbonyl (C=O) groups excluding carboxylic acids is 2. The highest BCUT2D eigenvalue weighted by Gasteiger charge is 2.46. The highest BCUT2D eigenvalue weighted by Crippen LogP contribution is 2.45. The number of aromatic nitrogens is 1. The molecule has 2 unspecified atom stereocenters. The van der Waals surface area contributed by atoms with Crippen molar-refractivity contribution in [3.05, 3.63) is 92.4 Å². The second-order valence-electron chi connectivity index (χ2n) is 10.8. The van der Waals surface area contributed by atoms with Crippen LogP contribution in [0.25, 0.3) is 0 Å². The highest BCUT2D eigenvalue weighted by atomic mass is 32.2. The van der Waals surface area contributed by atoms with Crippen molar-refractivity contribution in [2.24, 2.45) is 0 Å². The maximum atomic E-state index is 14.0. The van der Waals surface area contributed by atoms with E-state index >= 15 is 0 Å². The predicted molar refractivity (Wildman–Crippen MR) is 154 cm³/mol. The van der Waals surface area contributed by atoms with Gasteiger partial charge >= 0.3 is 6.16 Å². The number of thioether (sulfide) groups is 1. The van der Waals surface area contributed by atoms with Crippen molar-refractivity contribution in [3.63, 3.8) is 0 Å². The molecule has 1 aromatic heterocycles. The van der Waals surface area contributed by atoms with Gasteiger partial charge in [0, 0.05) is 29.5 Å². The molecule has 218 valence electrons. The molecule has 1 fully saturated rings. The first-order chi connectivity index (χ1) is 20.5. The number of nitrogens with zero attached hydrogens (tertiary/aromatic N) is 3. The van der Waals surface area contributed by atoms with E-state index in [0.717, 1.165) is 24.2 Å². The van der Waals surface area contributed by atoms with Gasteiger partial charge in [0.1, 0.15) is 6.17 Å². The molecule has 3 aliphatic heterocycles. The third kappa shape index (κ3) is 4.51. The molecule has 4 heterocycles. The monoisotopic (exact) mass is 589 g/mol. The van der Waals surface area contributed by atoms with Gasteiger partial charge < -0.3 is 23.8 Å². The smallest absolute Gasteiger partial charge is 0.451 e. The topological polar surface area (TPSA) is 99.5 Å². The Hall–Kier alpha value is -3.96.